The highest BCUT2D eigenvalue weighted by Crippen LogP contribution is 2.43. The van der Waals surface area contributed by atoms with Gasteiger partial charge in [0.15, 0.2) is 0 Å². The van der Waals surface area contributed by atoms with E-state index in [0.29, 0.717) is 44.5 Å². The zero-order valence-electron chi connectivity index (χ0n) is 38.7. The Morgan fingerprint density at radius 2 is 1.38 bits per heavy atom. The Morgan fingerprint density at radius 1 is 0.797 bits per heavy atom. The van der Waals surface area contributed by atoms with E-state index in [1.54, 1.807) is 101 Å². The number of sulfonamides is 2. The Morgan fingerprint density at radius 3 is 1.93 bits per heavy atom. The second-order valence-corrected chi connectivity index (χ2v) is 21.4. The molecule has 0 saturated carbocycles. The van der Waals surface area contributed by atoms with Crippen LogP contribution in [0.1, 0.15) is 42.5 Å². The Labute approximate surface area is 404 Å². The number of benzene rings is 5. The lowest BCUT2D eigenvalue weighted by Crippen LogP contribution is -2.42. The van der Waals surface area contributed by atoms with Crippen LogP contribution in [0.2, 0.25) is 0 Å². The largest absolute Gasteiger partial charge is 0.497 e. The zero-order chi connectivity index (χ0) is 49.5. The van der Waals surface area contributed by atoms with Crippen LogP contribution >= 0.6 is 11.3 Å². The van der Waals surface area contributed by atoms with Gasteiger partial charge in [-0.05, 0) is 96.8 Å². The number of nitrogens with two attached hydrogens (primary N) is 1. The van der Waals surface area contributed by atoms with Crippen LogP contribution < -0.4 is 30.0 Å². The van der Waals surface area contributed by atoms with Gasteiger partial charge in [0.05, 0.1) is 49.8 Å². The number of amides is 1. The second kappa shape index (κ2) is 21.4. The van der Waals surface area contributed by atoms with Gasteiger partial charge in [-0.1, -0.05) is 54.6 Å². The van der Waals surface area contributed by atoms with Crippen LogP contribution in [0.15, 0.2) is 113 Å². The van der Waals surface area contributed by atoms with E-state index in [9.17, 15) is 18.3 Å². The zero-order valence-corrected chi connectivity index (χ0v) is 41.2. The number of thiazole rings is 1. The molecule has 0 aliphatic carbocycles. The van der Waals surface area contributed by atoms with Gasteiger partial charge in [0.2, 0.25) is 25.9 Å². The molecule has 1 atom stereocenters. The normalized spacial score (nSPS) is 12.5. The predicted octanol–water partition coefficient (Wildman–Crippen LogP) is 5.70. The summed E-state index contributed by atoms with van der Waals surface area (Å²) in [5.41, 5.74) is 8.06. The Bertz CT molecular complexity index is 3070. The van der Waals surface area contributed by atoms with Gasteiger partial charge in [0.1, 0.15) is 37.6 Å². The molecule has 5 aromatic carbocycles. The number of methoxy groups -OCH3 is 3. The summed E-state index contributed by atoms with van der Waals surface area (Å²) in [5, 5.41) is 27.4. The monoisotopic (exact) mass is 999 g/mol. The number of para-hydroxylation sites is 1. The number of aliphatic hydroxyl groups excluding tert-OH is 1. The molecule has 0 unspecified atom stereocenters. The van der Waals surface area contributed by atoms with E-state index in [1.807, 2.05) is 18.2 Å². The van der Waals surface area contributed by atoms with Crippen molar-refractivity contribution in [2.45, 2.75) is 68.4 Å². The van der Waals surface area contributed by atoms with Gasteiger partial charge in [0.25, 0.3) is 0 Å². The van der Waals surface area contributed by atoms with Gasteiger partial charge in [-0.2, -0.15) is 9.10 Å². The molecule has 7 aromatic rings. The number of tetrazole rings is 1. The molecule has 1 amide bonds. The predicted molar refractivity (Wildman–Crippen MR) is 260 cm³/mol. The summed E-state index contributed by atoms with van der Waals surface area (Å²) in [4.78, 5) is 17.1. The third kappa shape index (κ3) is 12.2. The number of alkyl carbamates (subject to hydrolysis) is 1. The number of hydrogen-bond acceptors (Lipinski definition) is 16. The van der Waals surface area contributed by atoms with Gasteiger partial charge < -0.3 is 35.1 Å². The first kappa shape index (κ1) is 50.3. The van der Waals surface area contributed by atoms with E-state index < -0.39 is 60.7 Å². The molecule has 5 N–H and O–H groups in total. The molecule has 69 heavy (non-hydrogen) atoms. The average Bonchev–Trinajstić information content (AvgIpc) is 3.99. The van der Waals surface area contributed by atoms with Crippen LogP contribution in [0.25, 0.3) is 32.7 Å². The summed E-state index contributed by atoms with van der Waals surface area (Å²) >= 11 is 1.36. The third-order valence-corrected chi connectivity index (χ3v) is 15.0. The lowest BCUT2D eigenvalue weighted by molar-refractivity contribution is 0.0494. The smallest absolute Gasteiger partial charge is 0.407 e. The fourth-order valence-corrected chi connectivity index (χ4v) is 11.5. The van der Waals surface area contributed by atoms with Crippen molar-refractivity contribution in [3.05, 3.63) is 125 Å². The van der Waals surface area contributed by atoms with Crippen molar-refractivity contribution in [3.63, 3.8) is 0 Å². The molecule has 19 nitrogen and oxygen atoms in total. The van der Waals surface area contributed by atoms with E-state index in [1.165, 1.54) is 42.5 Å². The number of aromatic nitrogens is 5. The average molecular weight is 1000 g/mol. The molecule has 7 rings (SSSR count). The number of carbonyl (C=O) groups excluding carboxylic acids is 1. The summed E-state index contributed by atoms with van der Waals surface area (Å²) < 4.78 is 87.5. The van der Waals surface area contributed by atoms with Crippen molar-refractivity contribution in [1.29, 1.82) is 0 Å². The number of nitrogens with one attached hydrogen (secondary N) is 2. The maximum Gasteiger partial charge on any atom is 0.407 e. The van der Waals surface area contributed by atoms with Crippen LogP contribution in [-0.2, 0) is 51.0 Å². The van der Waals surface area contributed by atoms with E-state index in [-0.39, 0.29) is 43.1 Å². The van der Waals surface area contributed by atoms with Crippen molar-refractivity contribution in [2.24, 2.45) is 5.73 Å². The topological polar surface area (TPSA) is 252 Å². The van der Waals surface area contributed by atoms with Gasteiger partial charge in [-0.25, -0.2) is 31.3 Å². The Kier molecular flexibility index (Phi) is 15.6. The third-order valence-electron chi connectivity index (χ3n) is 10.5. The Balaban J connectivity index is 1.45. The minimum Gasteiger partial charge on any atom is -0.497 e. The molecule has 0 saturated heterocycles. The maximum atomic E-state index is 16.1. The molecule has 0 bridgehead atoms. The van der Waals surface area contributed by atoms with Crippen molar-refractivity contribution in [2.75, 3.05) is 34.4 Å². The highest BCUT2D eigenvalue weighted by molar-refractivity contribution is 7.92. The van der Waals surface area contributed by atoms with Gasteiger partial charge in [-0.15, -0.1) is 21.5 Å². The molecule has 364 valence electrons. The Hall–Kier alpha value is -6.53. The van der Waals surface area contributed by atoms with E-state index in [0.717, 1.165) is 14.6 Å². The first-order chi connectivity index (χ1) is 32.9. The minimum absolute atomic E-state index is 0.103. The number of fused-ring (bicyclic) bond motifs is 1. The number of nitrogens with zero attached hydrogens (tertiary/aromatic N) is 6. The van der Waals surface area contributed by atoms with Crippen LogP contribution in [0.3, 0.4) is 0 Å². The summed E-state index contributed by atoms with van der Waals surface area (Å²) in [6.07, 6.45) is -2.29. The number of rotatable bonds is 20. The van der Waals surface area contributed by atoms with Crippen LogP contribution in [0, 0.1) is 0 Å². The van der Waals surface area contributed by atoms with Crippen LogP contribution in [0.5, 0.6) is 17.2 Å². The number of aliphatic hydroxyl groups is 1. The highest BCUT2D eigenvalue weighted by Gasteiger charge is 2.38. The lowest BCUT2D eigenvalue weighted by Gasteiger charge is -2.26. The summed E-state index contributed by atoms with van der Waals surface area (Å²) in [7, 11) is -5.28. The molecule has 0 aliphatic heterocycles. The van der Waals surface area contributed by atoms with E-state index in [2.05, 4.69) is 20.4 Å². The molecular weight excluding hydrogens is 947 g/mol. The summed E-state index contributed by atoms with van der Waals surface area (Å²) in [6, 6.07) is 28.8. The van der Waals surface area contributed by atoms with Gasteiger partial charge in [-0.3, -0.25) is 0 Å². The fraction of sp³-hybridized carbons (Fsp3) is 0.298. The van der Waals surface area contributed by atoms with E-state index in [4.69, 9.17) is 34.8 Å². The van der Waals surface area contributed by atoms with Crippen LogP contribution in [-0.4, -0.2) is 104 Å². The molecule has 0 radical (unpaired) electrons. The lowest BCUT2D eigenvalue weighted by atomic mass is 9.98. The first-order valence-corrected chi connectivity index (χ1v) is 25.2. The minimum atomic E-state index is -4.99. The quantitative estimate of drug-likeness (QED) is 0.0714. The second-order valence-electron chi connectivity index (χ2n) is 16.6. The molecule has 0 fully saturated rings. The first-order valence-electron chi connectivity index (χ1n) is 21.5. The molecule has 2 heterocycles. The summed E-state index contributed by atoms with van der Waals surface area (Å²) in [5.74, 6) is 1.50. The summed E-state index contributed by atoms with van der Waals surface area (Å²) in [6.45, 7) is 3.76. The van der Waals surface area contributed by atoms with Crippen molar-refractivity contribution < 1.29 is 45.7 Å². The number of ether oxygens (including phenoxy) is 4. The highest BCUT2D eigenvalue weighted by atomic mass is 32.2. The van der Waals surface area contributed by atoms with Crippen LogP contribution in [0.4, 0.5) is 4.79 Å². The number of carbonyl (C=O) groups is 1. The molecule has 22 heteroatoms. The molecule has 0 spiro atoms. The number of hydrogen-bond donors (Lipinski definition) is 4. The molecule has 2 aromatic heterocycles. The fourth-order valence-electron chi connectivity index (χ4n) is 7.18. The van der Waals surface area contributed by atoms with Crippen molar-refractivity contribution in [3.8, 4) is 39.8 Å². The van der Waals surface area contributed by atoms with E-state index >= 15 is 8.42 Å². The van der Waals surface area contributed by atoms with Crippen molar-refractivity contribution >= 4 is 47.7 Å². The SMILES string of the molecule is COc1ccc(CN(Cc2ccc(OC)cc2)S(=O)(=O)c2c(S(=O)(=O)NC[C@@H](O)CNC(=O)OC(C)(C)C)ccc(-c3cccc4sc(CN)nc34)c2-c2nnn(Cc3ccc(OC)cc3)n2)cc1. The van der Waals surface area contributed by atoms with Gasteiger partial charge in [0, 0.05) is 38.3 Å². The standard InChI is InChI=1S/C47H53N9O10S3/c1-47(2,3)66-46(58)49-25-33(57)26-50-68(59,60)40-23-22-37(38-8-7-9-39-43(38)51-41(24-48)67-39)42(45-52-54-56(53-45)29-32-14-20-36(65-6)21-15-32)44(40)69(61,62)55(27-30-10-16-34(63-4)17-11-30)28-31-12-18-35(64-5)19-13-31/h7-23,33,50,57H,24-29,48H2,1-6H3,(H,49,58)/t33-/m0/s1. The van der Waals surface area contributed by atoms with Gasteiger partial charge >= 0.3 is 6.09 Å². The maximum absolute atomic E-state index is 16.1. The molecular formula is C47H53N9O10S3. The molecule has 0 aliphatic rings. The van der Waals surface area contributed by atoms with Crippen molar-refractivity contribution in [1.82, 2.24) is 39.5 Å².